The quantitative estimate of drug-likeness (QED) is 0.611. The van der Waals surface area contributed by atoms with E-state index in [9.17, 15) is 4.79 Å². The molecule has 0 aromatic carbocycles. The molecule has 3 N–H and O–H groups in total. The highest BCUT2D eigenvalue weighted by Crippen LogP contribution is 2.23. The monoisotopic (exact) mass is 172 g/mol. The molecule has 0 aliphatic heterocycles. The summed E-state index contributed by atoms with van der Waals surface area (Å²) < 4.78 is 4.96. The molecule has 3 nitrogen and oxygen atoms in total. The molecule has 1 fully saturated rings. The number of carbonyl (C=O) groups excluding carboxylic acids is 1. The number of hydrogen-bond acceptors (Lipinski definition) is 2. The smallest absolute Gasteiger partial charge is 0.309 e. The number of ether oxygens (including phenoxy) is 1. The molecule has 0 amide bonds. The lowest BCUT2D eigenvalue weighted by atomic mass is 9.86. The molecule has 12 heavy (non-hydrogen) atoms. The standard InChI is InChI=1S/C9H17NO2/c1-2-12-9(11)7-4-3-5-8(10)6-7/h7-8H,2-6,10H2,1H3/p+1. The Morgan fingerprint density at radius 2 is 2.33 bits per heavy atom. The van der Waals surface area contributed by atoms with Gasteiger partial charge in [0.05, 0.1) is 18.6 Å². The lowest BCUT2D eigenvalue weighted by Gasteiger charge is -2.22. The van der Waals surface area contributed by atoms with Crippen molar-refractivity contribution < 1.29 is 15.3 Å². The van der Waals surface area contributed by atoms with Crippen LogP contribution in [0.3, 0.4) is 0 Å². The van der Waals surface area contributed by atoms with Gasteiger partial charge in [-0.1, -0.05) is 0 Å². The van der Waals surface area contributed by atoms with Crippen LogP contribution in [0.4, 0.5) is 0 Å². The predicted molar refractivity (Wildman–Crippen MR) is 45.3 cm³/mol. The molecule has 0 radical (unpaired) electrons. The van der Waals surface area contributed by atoms with Crippen LogP contribution in [0.5, 0.6) is 0 Å². The zero-order valence-corrected chi connectivity index (χ0v) is 7.71. The van der Waals surface area contributed by atoms with Crippen LogP contribution >= 0.6 is 0 Å². The molecule has 0 aromatic rings. The number of rotatable bonds is 2. The van der Waals surface area contributed by atoms with Gasteiger partial charge in [-0.05, 0) is 26.2 Å². The number of esters is 1. The Labute approximate surface area is 73.3 Å². The molecule has 0 spiro atoms. The zero-order chi connectivity index (χ0) is 8.97. The summed E-state index contributed by atoms with van der Waals surface area (Å²) in [6.45, 7) is 2.35. The summed E-state index contributed by atoms with van der Waals surface area (Å²) in [6, 6.07) is 0.452. The SMILES string of the molecule is CCOC(=O)C1CCCC([NH3+])C1. The van der Waals surface area contributed by atoms with E-state index in [2.05, 4.69) is 5.73 Å². The molecular formula is C9H18NO2+. The number of quaternary nitrogens is 1. The normalized spacial score (nSPS) is 29.8. The van der Waals surface area contributed by atoms with Gasteiger partial charge in [0, 0.05) is 6.42 Å². The van der Waals surface area contributed by atoms with E-state index < -0.39 is 0 Å². The first-order chi connectivity index (χ1) is 5.74. The van der Waals surface area contributed by atoms with Crippen molar-refractivity contribution in [3.8, 4) is 0 Å². The third kappa shape index (κ3) is 2.48. The molecule has 3 heteroatoms. The Kier molecular flexibility index (Phi) is 3.53. The first kappa shape index (κ1) is 9.52. The molecule has 0 bridgehead atoms. The van der Waals surface area contributed by atoms with Gasteiger partial charge in [0.25, 0.3) is 0 Å². The van der Waals surface area contributed by atoms with E-state index in [1.807, 2.05) is 6.92 Å². The second-order valence-electron chi connectivity index (χ2n) is 3.48. The van der Waals surface area contributed by atoms with Gasteiger partial charge >= 0.3 is 5.97 Å². The molecule has 1 rings (SSSR count). The van der Waals surface area contributed by atoms with E-state index >= 15 is 0 Å². The Morgan fingerprint density at radius 1 is 1.58 bits per heavy atom. The van der Waals surface area contributed by atoms with Crippen LogP contribution in [-0.4, -0.2) is 18.6 Å². The van der Waals surface area contributed by atoms with Crippen molar-refractivity contribution in [3.63, 3.8) is 0 Å². The summed E-state index contributed by atoms with van der Waals surface area (Å²) in [4.78, 5) is 11.3. The van der Waals surface area contributed by atoms with Gasteiger partial charge < -0.3 is 10.5 Å². The van der Waals surface area contributed by atoms with Crippen LogP contribution in [0.15, 0.2) is 0 Å². The van der Waals surface area contributed by atoms with E-state index in [1.54, 1.807) is 0 Å². The Morgan fingerprint density at radius 3 is 2.92 bits per heavy atom. The van der Waals surface area contributed by atoms with Gasteiger partial charge in [-0.25, -0.2) is 0 Å². The van der Waals surface area contributed by atoms with Crippen molar-refractivity contribution in [3.05, 3.63) is 0 Å². The van der Waals surface area contributed by atoms with Crippen LogP contribution in [0.1, 0.15) is 32.6 Å². The van der Waals surface area contributed by atoms with Crippen LogP contribution in [0, 0.1) is 5.92 Å². The summed E-state index contributed by atoms with van der Waals surface area (Å²) in [5.74, 6) is 0.104. The highest BCUT2D eigenvalue weighted by Gasteiger charge is 2.27. The molecule has 0 heterocycles. The van der Waals surface area contributed by atoms with Gasteiger partial charge in [-0.2, -0.15) is 0 Å². The minimum absolute atomic E-state index is 0.0224. The van der Waals surface area contributed by atoms with Gasteiger partial charge in [0.15, 0.2) is 0 Å². The molecular weight excluding hydrogens is 154 g/mol. The van der Waals surface area contributed by atoms with E-state index in [-0.39, 0.29) is 11.9 Å². The van der Waals surface area contributed by atoms with Crippen molar-refractivity contribution in [2.45, 2.75) is 38.6 Å². The van der Waals surface area contributed by atoms with Crippen LogP contribution in [0.2, 0.25) is 0 Å². The topological polar surface area (TPSA) is 53.9 Å². The fraction of sp³-hybridized carbons (Fsp3) is 0.889. The number of hydrogen-bond donors (Lipinski definition) is 1. The zero-order valence-electron chi connectivity index (χ0n) is 7.71. The highest BCUT2D eigenvalue weighted by atomic mass is 16.5. The molecule has 2 unspecified atom stereocenters. The van der Waals surface area contributed by atoms with Gasteiger partial charge in [-0.15, -0.1) is 0 Å². The second kappa shape index (κ2) is 4.45. The van der Waals surface area contributed by atoms with Crippen LogP contribution in [0.25, 0.3) is 0 Å². The number of carbonyl (C=O) groups is 1. The second-order valence-corrected chi connectivity index (χ2v) is 3.48. The lowest BCUT2D eigenvalue weighted by molar-refractivity contribution is -0.427. The summed E-state index contributed by atoms with van der Waals surface area (Å²) in [5, 5.41) is 0. The van der Waals surface area contributed by atoms with E-state index in [0.29, 0.717) is 12.6 Å². The van der Waals surface area contributed by atoms with Crippen LogP contribution < -0.4 is 5.73 Å². The van der Waals surface area contributed by atoms with E-state index in [1.165, 1.54) is 0 Å². The minimum atomic E-state index is -0.0224. The predicted octanol–water partition coefficient (Wildman–Crippen LogP) is 0.350. The third-order valence-corrected chi connectivity index (χ3v) is 2.40. The van der Waals surface area contributed by atoms with Crippen molar-refractivity contribution in [1.82, 2.24) is 0 Å². The van der Waals surface area contributed by atoms with E-state index in [0.717, 1.165) is 25.7 Å². The van der Waals surface area contributed by atoms with Crippen LogP contribution in [-0.2, 0) is 9.53 Å². The maximum atomic E-state index is 11.3. The van der Waals surface area contributed by atoms with Crippen molar-refractivity contribution in [2.75, 3.05) is 6.61 Å². The molecule has 1 aliphatic carbocycles. The van der Waals surface area contributed by atoms with Crippen molar-refractivity contribution >= 4 is 5.97 Å². The summed E-state index contributed by atoms with van der Waals surface area (Å²) in [6.07, 6.45) is 4.19. The highest BCUT2D eigenvalue weighted by molar-refractivity contribution is 5.72. The van der Waals surface area contributed by atoms with Gasteiger partial charge in [-0.3, -0.25) is 4.79 Å². The molecule has 0 saturated heterocycles. The fourth-order valence-corrected chi connectivity index (χ4v) is 1.77. The Hall–Kier alpha value is -0.570. The largest absolute Gasteiger partial charge is 0.466 e. The first-order valence-electron chi connectivity index (χ1n) is 4.73. The molecule has 2 atom stereocenters. The molecule has 1 saturated carbocycles. The van der Waals surface area contributed by atoms with Crippen molar-refractivity contribution in [1.29, 1.82) is 0 Å². The Balaban J connectivity index is 2.35. The summed E-state index contributed by atoms with van der Waals surface area (Å²) >= 11 is 0. The minimum Gasteiger partial charge on any atom is -0.466 e. The molecule has 70 valence electrons. The first-order valence-corrected chi connectivity index (χ1v) is 4.73. The lowest BCUT2D eigenvalue weighted by Crippen LogP contribution is -2.62. The van der Waals surface area contributed by atoms with Crippen molar-refractivity contribution in [2.24, 2.45) is 5.92 Å². The van der Waals surface area contributed by atoms with E-state index in [4.69, 9.17) is 4.74 Å². The Bertz CT molecular complexity index is 159. The van der Waals surface area contributed by atoms with Gasteiger partial charge in [0.2, 0.25) is 0 Å². The average Bonchev–Trinajstić information content (AvgIpc) is 2.05. The maximum absolute atomic E-state index is 11.3. The fourth-order valence-electron chi connectivity index (χ4n) is 1.77. The summed E-state index contributed by atoms with van der Waals surface area (Å²) in [7, 11) is 0. The third-order valence-electron chi connectivity index (χ3n) is 2.40. The average molecular weight is 172 g/mol. The molecule has 0 aromatic heterocycles. The summed E-state index contributed by atoms with van der Waals surface area (Å²) in [5.41, 5.74) is 3.98. The van der Waals surface area contributed by atoms with Gasteiger partial charge in [0.1, 0.15) is 0 Å². The molecule has 1 aliphatic rings. The maximum Gasteiger partial charge on any atom is 0.309 e.